The third-order valence-corrected chi connectivity index (χ3v) is 5.04. The van der Waals surface area contributed by atoms with E-state index in [4.69, 9.17) is 17.3 Å². The molecule has 0 bridgehead atoms. The van der Waals surface area contributed by atoms with E-state index in [1.807, 2.05) is 24.3 Å². The van der Waals surface area contributed by atoms with Gasteiger partial charge in [0, 0.05) is 11.1 Å². The Morgan fingerprint density at radius 2 is 2.10 bits per heavy atom. The van der Waals surface area contributed by atoms with Crippen LogP contribution in [0.2, 0.25) is 5.02 Å². The SMILES string of the molecule is CCCC1CCCN(CCC(N)c2ccccc2Cl)CC1. The molecule has 0 amide bonds. The molecule has 2 N–H and O–H groups in total. The Kier molecular flexibility index (Phi) is 7.01. The third kappa shape index (κ3) is 5.28. The van der Waals surface area contributed by atoms with E-state index >= 15 is 0 Å². The fourth-order valence-electron chi connectivity index (χ4n) is 3.40. The molecule has 0 aromatic heterocycles. The predicted molar refractivity (Wildman–Crippen MR) is 91.7 cm³/mol. The summed E-state index contributed by atoms with van der Waals surface area (Å²) in [4.78, 5) is 2.59. The summed E-state index contributed by atoms with van der Waals surface area (Å²) in [5.41, 5.74) is 7.40. The van der Waals surface area contributed by atoms with E-state index in [1.54, 1.807) is 0 Å². The quantitative estimate of drug-likeness (QED) is 0.830. The van der Waals surface area contributed by atoms with E-state index in [9.17, 15) is 0 Å². The molecule has 1 fully saturated rings. The largest absolute Gasteiger partial charge is 0.324 e. The molecule has 1 heterocycles. The summed E-state index contributed by atoms with van der Waals surface area (Å²) < 4.78 is 0. The first kappa shape index (κ1) is 16.8. The number of halogens is 1. The molecule has 1 aromatic carbocycles. The first-order chi connectivity index (χ1) is 10.2. The molecule has 2 rings (SSSR count). The molecule has 3 heteroatoms. The van der Waals surface area contributed by atoms with Gasteiger partial charge in [-0.05, 0) is 62.9 Å². The highest BCUT2D eigenvalue weighted by Gasteiger charge is 2.17. The fraction of sp³-hybridized carbons (Fsp3) is 0.667. The smallest absolute Gasteiger partial charge is 0.0453 e. The van der Waals surface area contributed by atoms with Crippen LogP contribution >= 0.6 is 11.6 Å². The second kappa shape index (κ2) is 8.77. The summed E-state index contributed by atoms with van der Waals surface area (Å²) in [6.07, 6.45) is 7.80. The maximum Gasteiger partial charge on any atom is 0.0453 e. The summed E-state index contributed by atoms with van der Waals surface area (Å²) in [5, 5.41) is 0.795. The first-order valence-electron chi connectivity index (χ1n) is 8.43. The molecule has 21 heavy (non-hydrogen) atoms. The van der Waals surface area contributed by atoms with Gasteiger partial charge in [-0.1, -0.05) is 49.6 Å². The minimum absolute atomic E-state index is 0.0494. The number of benzene rings is 1. The van der Waals surface area contributed by atoms with Crippen molar-refractivity contribution in [2.45, 2.75) is 51.5 Å². The first-order valence-corrected chi connectivity index (χ1v) is 8.81. The zero-order valence-corrected chi connectivity index (χ0v) is 14.0. The van der Waals surface area contributed by atoms with Crippen molar-refractivity contribution in [2.75, 3.05) is 19.6 Å². The van der Waals surface area contributed by atoms with Crippen LogP contribution in [0, 0.1) is 5.92 Å². The standard InChI is InChI=1S/C18H29ClN2/c1-2-6-15-7-5-12-21(13-10-15)14-11-18(20)16-8-3-4-9-17(16)19/h3-4,8-9,15,18H,2,5-7,10-14,20H2,1H3. The average Bonchev–Trinajstić information content (AvgIpc) is 2.71. The van der Waals surface area contributed by atoms with Gasteiger partial charge in [0.2, 0.25) is 0 Å². The van der Waals surface area contributed by atoms with E-state index < -0.39 is 0 Å². The van der Waals surface area contributed by atoms with Crippen LogP contribution < -0.4 is 5.73 Å². The Labute approximate surface area is 134 Å². The van der Waals surface area contributed by atoms with Crippen LogP contribution in [-0.2, 0) is 0 Å². The number of nitrogens with zero attached hydrogens (tertiary/aromatic N) is 1. The van der Waals surface area contributed by atoms with Crippen molar-refractivity contribution in [1.29, 1.82) is 0 Å². The van der Waals surface area contributed by atoms with Gasteiger partial charge in [0.25, 0.3) is 0 Å². The lowest BCUT2D eigenvalue weighted by Gasteiger charge is -2.22. The van der Waals surface area contributed by atoms with Crippen LogP contribution in [-0.4, -0.2) is 24.5 Å². The van der Waals surface area contributed by atoms with Gasteiger partial charge < -0.3 is 10.6 Å². The highest BCUT2D eigenvalue weighted by atomic mass is 35.5. The van der Waals surface area contributed by atoms with Crippen molar-refractivity contribution in [1.82, 2.24) is 4.90 Å². The van der Waals surface area contributed by atoms with Crippen LogP contribution in [0.3, 0.4) is 0 Å². The van der Waals surface area contributed by atoms with Crippen molar-refractivity contribution in [2.24, 2.45) is 11.7 Å². The van der Waals surface area contributed by atoms with E-state index in [-0.39, 0.29) is 6.04 Å². The normalized spacial score (nSPS) is 22.0. The molecular weight excluding hydrogens is 280 g/mol. The Bertz CT molecular complexity index is 421. The Hall–Kier alpha value is -0.570. The second-order valence-electron chi connectivity index (χ2n) is 6.34. The zero-order chi connectivity index (χ0) is 15.1. The van der Waals surface area contributed by atoms with Gasteiger partial charge in [0.1, 0.15) is 0 Å². The van der Waals surface area contributed by atoms with Gasteiger partial charge in [-0.3, -0.25) is 0 Å². The molecule has 1 aromatic rings. The zero-order valence-electron chi connectivity index (χ0n) is 13.2. The van der Waals surface area contributed by atoms with Gasteiger partial charge in [-0.25, -0.2) is 0 Å². The van der Waals surface area contributed by atoms with Crippen LogP contribution in [0.5, 0.6) is 0 Å². The van der Waals surface area contributed by atoms with Crippen LogP contribution in [0.4, 0.5) is 0 Å². The van der Waals surface area contributed by atoms with Crippen LogP contribution in [0.15, 0.2) is 24.3 Å². The molecule has 1 aliphatic heterocycles. The van der Waals surface area contributed by atoms with Crippen molar-refractivity contribution in [3.8, 4) is 0 Å². The summed E-state index contributed by atoms with van der Waals surface area (Å²) in [6, 6.07) is 8.00. The maximum absolute atomic E-state index is 6.32. The number of likely N-dealkylation sites (tertiary alicyclic amines) is 1. The van der Waals surface area contributed by atoms with E-state index in [0.29, 0.717) is 0 Å². The van der Waals surface area contributed by atoms with Crippen molar-refractivity contribution in [3.63, 3.8) is 0 Å². The van der Waals surface area contributed by atoms with Gasteiger partial charge in [-0.15, -0.1) is 0 Å². The Balaban J connectivity index is 1.79. The van der Waals surface area contributed by atoms with Gasteiger partial charge in [0.15, 0.2) is 0 Å². The summed E-state index contributed by atoms with van der Waals surface area (Å²) in [7, 11) is 0. The highest BCUT2D eigenvalue weighted by Crippen LogP contribution is 2.25. The topological polar surface area (TPSA) is 29.3 Å². The summed E-state index contributed by atoms with van der Waals surface area (Å²) in [5.74, 6) is 0.942. The number of hydrogen-bond donors (Lipinski definition) is 1. The van der Waals surface area contributed by atoms with Crippen LogP contribution in [0.1, 0.15) is 57.1 Å². The van der Waals surface area contributed by atoms with E-state index in [2.05, 4.69) is 11.8 Å². The molecule has 0 saturated carbocycles. The van der Waals surface area contributed by atoms with Crippen molar-refractivity contribution < 1.29 is 0 Å². The monoisotopic (exact) mass is 308 g/mol. The molecule has 0 radical (unpaired) electrons. The summed E-state index contributed by atoms with van der Waals surface area (Å²) >= 11 is 6.23. The van der Waals surface area contributed by atoms with Gasteiger partial charge in [0.05, 0.1) is 0 Å². The van der Waals surface area contributed by atoms with Crippen molar-refractivity contribution in [3.05, 3.63) is 34.9 Å². The number of rotatable bonds is 6. The van der Waals surface area contributed by atoms with Gasteiger partial charge in [-0.2, -0.15) is 0 Å². The Morgan fingerprint density at radius 3 is 2.86 bits per heavy atom. The minimum Gasteiger partial charge on any atom is -0.324 e. The van der Waals surface area contributed by atoms with Crippen LogP contribution in [0.25, 0.3) is 0 Å². The van der Waals surface area contributed by atoms with E-state index in [1.165, 1.54) is 45.2 Å². The molecule has 2 atom stereocenters. The molecule has 2 unspecified atom stereocenters. The van der Waals surface area contributed by atoms with E-state index in [0.717, 1.165) is 29.5 Å². The second-order valence-corrected chi connectivity index (χ2v) is 6.75. The average molecular weight is 309 g/mol. The predicted octanol–water partition coefficient (Wildman–Crippen LogP) is 4.63. The minimum atomic E-state index is 0.0494. The van der Waals surface area contributed by atoms with Gasteiger partial charge >= 0.3 is 0 Å². The third-order valence-electron chi connectivity index (χ3n) is 4.70. The number of hydrogen-bond acceptors (Lipinski definition) is 2. The highest BCUT2D eigenvalue weighted by molar-refractivity contribution is 6.31. The fourth-order valence-corrected chi connectivity index (χ4v) is 3.67. The Morgan fingerprint density at radius 1 is 1.29 bits per heavy atom. The lowest BCUT2D eigenvalue weighted by atomic mass is 9.96. The summed E-state index contributed by atoms with van der Waals surface area (Å²) in [6.45, 7) is 5.85. The molecule has 2 nitrogen and oxygen atoms in total. The molecule has 0 aliphatic carbocycles. The maximum atomic E-state index is 6.32. The molecular formula is C18H29ClN2. The molecule has 1 aliphatic rings. The van der Waals surface area contributed by atoms with Crippen molar-refractivity contribution >= 4 is 11.6 Å². The number of nitrogens with two attached hydrogens (primary N) is 1. The lowest BCUT2D eigenvalue weighted by Crippen LogP contribution is -2.28. The molecule has 0 spiro atoms. The molecule has 118 valence electrons. The molecule has 1 saturated heterocycles. The lowest BCUT2D eigenvalue weighted by molar-refractivity contribution is 0.268.